The molecule has 0 unspecified atom stereocenters. The van der Waals surface area contributed by atoms with Crippen LogP contribution in [0.15, 0.2) is 42.6 Å². The Kier molecular flexibility index (Phi) is 4.96. The van der Waals surface area contributed by atoms with Gasteiger partial charge in [-0.15, -0.1) is 0 Å². The van der Waals surface area contributed by atoms with Crippen LogP contribution >= 0.6 is 0 Å². The molecular weight excluding hydrogens is 250 g/mol. The molecule has 4 heteroatoms. The van der Waals surface area contributed by atoms with Gasteiger partial charge in [-0.3, -0.25) is 4.98 Å². The zero-order chi connectivity index (χ0) is 14.4. The Morgan fingerprint density at radius 2 is 2.10 bits per heavy atom. The predicted octanol–water partition coefficient (Wildman–Crippen LogP) is 2.35. The molecule has 1 aromatic carbocycles. The van der Waals surface area contributed by atoms with Crippen molar-refractivity contribution in [3.8, 4) is 5.75 Å². The molecule has 2 N–H and O–H groups in total. The van der Waals surface area contributed by atoms with Gasteiger partial charge in [-0.1, -0.05) is 12.1 Å². The fourth-order valence-electron chi connectivity index (χ4n) is 2.07. The summed E-state index contributed by atoms with van der Waals surface area (Å²) in [5, 5.41) is 0. The Balaban J connectivity index is 1.89. The normalized spacial score (nSPS) is 10.8. The van der Waals surface area contributed by atoms with Crippen LogP contribution in [-0.4, -0.2) is 30.6 Å². The molecule has 0 spiro atoms. The number of likely N-dealkylation sites (N-methyl/N-ethyl adjacent to an activating group) is 1. The number of ether oxygens (including phenoxy) is 1. The van der Waals surface area contributed by atoms with Gasteiger partial charge in [-0.2, -0.15) is 0 Å². The number of methoxy groups -OCH3 is 1. The van der Waals surface area contributed by atoms with Crippen LogP contribution in [0.1, 0.15) is 11.3 Å². The number of benzene rings is 1. The third kappa shape index (κ3) is 3.96. The average Bonchev–Trinajstić information content (AvgIpc) is 2.48. The summed E-state index contributed by atoms with van der Waals surface area (Å²) in [4.78, 5) is 6.57. The van der Waals surface area contributed by atoms with Crippen molar-refractivity contribution < 1.29 is 4.74 Å². The molecule has 0 saturated heterocycles. The van der Waals surface area contributed by atoms with Crippen molar-refractivity contribution in [2.24, 2.45) is 0 Å². The molecule has 0 amide bonds. The highest BCUT2D eigenvalue weighted by Gasteiger charge is 2.05. The van der Waals surface area contributed by atoms with E-state index in [0.29, 0.717) is 0 Å². The summed E-state index contributed by atoms with van der Waals surface area (Å²) < 4.78 is 5.16. The number of nitrogens with zero attached hydrogens (tertiary/aromatic N) is 2. The molecule has 2 aromatic rings. The summed E-state index contributed by atoms with van der Waals surface area (Å²) in [7, 11) is 3.74. The Morgan fingerprint density at radius 3 is 2.75 bits per heavy atom. The maximum atomic E-state index is 6.03. The Bertz CT molecular complexity index is 543. The lowest BCUT2D eigenvalue weighted by Crippen LogP contribution is -2.21. The zero-order valence-electron chi connectivity index (χ0n) is 12.0. The van der Waals surface area contributed by atoms with E-state index < -0.39 is 0 Å². The quantitative estimate of drug-likeness (QED) is 0.819. The fraction of sp³-hybridized carbons (Fsp3) is 0.312. The first kappa shape index (κ1) is 14.3. The molecule has 1 aromatic heterocycles. The minimum Gasteiger partial charge on any atom is -0.497 e. The zero-order valence-corrected chi connectivity index (χ0v) is 12.0. The third-order valence-corrected chi connectivity index (χ3v) is 3.27. The molecule has 4 nitrogen and oxygen atoms in total. The van der Waals surface area contributed by atoms with Crippen molar-refractivity contribution in [1.29, 1.82) is 0 Å². The third-order valence-electron chi connectivity index (χ3n) is 3.27. The first-order valence-corrected chi connectivity index (χ1v) is 6.70. The van der Waals surface area contributed by atoms with Gasteiger partial charge in [-0.25, -0.2) is 0 Å². The van der Waals surface area contributed by atoms with E-state index in [-0.39, 0.29) is 0 Å². The van der Waals surface area contributed by atoms with Crippen LogP contribution in [0.2, 0.25) is 0 Å². The largest absolute Gasteiger partial charge is 0.497 e. The van der Waals surface area contributed by atoms with Crippen molar-refractivity contribution in [1.82, 2.24) is 9.88 Å². The standard InChI is InChI=1S/C16H21N3O/c1-19(10-8-14-5-3-4-9-18-14)12-13-6-7-15(20-2)11-16(13)17/h3-7,9,11H,8,10,12,17H2,1-2H3. The Morgan fingerprint density at radius 1 is 1.25 bits per heavy atom. The summed E-state index contributed by atoms with van der Waals surface area (Å²) >= 11 is 0. The molecule has 106 valence electrons. The molecule has 0 fully saturated rings. The van der Waals surface area contributed by atoms with Gasteiger partial charge in [0.2, 0.25) is 0 Å². The lowest BCUT2D eigenvalue weighted by Gasteiger charge is -2.18. The van der Waals surface area contributed by atoms with Crippen molar-refractivity contribution in [3.05, 3.63) is 53.9 Å². The monoisotopic (exact) mass is 271 g/mol. The van der Waals surface area contributed by atoms with Crippen LogP contribution in [0.3, 0.4) is 0 Å². The molecule has 0 saturated carbocycles. The van der Waals surface area contributed by atoms with Gasteiger partial charge in [0.25, 0.3) is 0 Å². The summed E-state index contributed by atoms with van der Waals surface area (Å²) in [5.41, 5.74) is 9.04. The molecule has 1 heterocycles. The number of aromatic nitrogens is 1. The maximum absolute atomic E-state index is 6.03. The van der Waals surface area contributed by atoms with Crippen molar-refractivity contribution in [3.63, 3.8) is 0 Å². The van der Waals surface area contributed by atoms with Gasteiger partial charge in [0.05, 0.1) is 7.11 Å². The number of nitrogen functional groups attached to an aromatic ring is 1. The van der Waals surface area contributed by atoms with Gasteiger partial charge < -0.3 is 15.4 Å². The smallest absolute Gasteiger partial charge is 0.120 e. The summed E-state index contributed by atoms with van der Waals surface area (Å²) in [6.07, 6.45) is 2.77. The van der Waals surface area contributed by atoms with Crippen LogP contribution in [-0.2, 0) is 13.0 Å². The molecular formula is C16H21N3O. The minimum atomic E-state index is 0.772. The van der Waals surface area contributed by atoms with Gasteiger partial charge in [-0.05, 0) is 30.8 Å². The summed E-state index contributed by atoms with van der Waals surface area (Å²) in [6, 6.07) is 11.8. The van der Waals surface area contributed by atoms with E-state index in [1.807, 2.05) is 36.5 Å². The van der Waals surface area contributed by atoms with Crippen LogP contribution in [0.5, 0.6) is 5.75 Å². The summed E-state index contributed by atoms with van der Waals surface area (Å²) in [6.45, 7) is 1.77. The number of hydrogen-bond acceptors (Lipinski definition) is 4. The van der Waals surface area contributed by atoms with Crippen molar-refractivity contribution in [2.45, 2.75) is 13.0 Å². The first-order valence-electron chi connectivity index (χ1n) is 6.70. The maximum Gasteiger partial charge on any atom is 0.120 e. The number of anilines is 1. The molecule has 0 atom stereocenters. The van der Waals surface area contributed by atoms with E-state index >= 15 is 0 Å². The van der Waals surface area contributed by atoms with E-state index in [9.17, 15) is 0 Å². The lowest BCUT2D eigenvalue weighted by molar-refractivity contribution is 0.330. The SMILES string of the molecule is COc1ccc(CN(C)CCc2ccccn2)c(N)c1. The van der Waals surface area contributed by atoms with Crippen molar-refractivity contribution >= 4 is 5.69 Å². The second kappa shape index (κ2) is 6.91. The Labute approximate surface area is 120 Å². The van der Waals surface area contributed by atoms with E-state index in [2.05, 4.69) is 23.0 Å². The van der Waals surface area contributed by atoms with Gasteiger partial charge >= 0.3 is 0 Å². The number of rotatable bonds is 6. The molecule has 0 aliphatic heterocycles. The van der Waals surface area contributed by atoms with E-state index in [1.165, 1.54) is 0 Å². The number of hydrogen-bond donors (Lipinski definition) is 1. The molecule has 0 radical (unpaired) electrons. The second-order valence-electron chi connectivity index (χ2n) is 4.87. The van der Waals surface area contributed by atoms with E-state index in [1.54, 1.807) is 7.11 Å². The van der Waals surface area contributed by atoms with Gasteiger partial charge in [0, 0.05) is 43.2 Å². The summed E-state index contributed by atoms with van der Waals surface area (Å²) in [5.74, 6) is 0.794. The average molecular weight is 271 g/mol. The van der Waals surface area contributed by atoms with Gasteiger partial charge in [0.15, 0.2) is 0 Å². The fourth-order valence-corrected chi connectivity index (χ4v) is 2.07. The highest BCUT2D eigenvalue weighted by atomic mass is 16.5. The second-order valence-corrected chi connectivity index (χ2v) is 4.87. The van der Waals surface area contributed by atoms with Gasteiger partial charge in [0.1, 0.15) is 5.75 Å². The van der Waals surface area contributed by atoms with Crippen LogP contribution in [0.4, 0.5) is 5.69 Å². The first-order chi connectivity index (χ1) is 9.69. The molecule has 0 bridgehead atoms. The van der Waals surface area contributed by atoms with Crippen molar-refractivity contribution in [2.75, 3.05) is 26.4 Å². The number of pyridine rings is 1. The van der Waals surface area contributed by atoms with E-state index in [0.717, 1.165) is 42.2 Å². The highest BCUT2D eigenvalue weighted by Crippen LogP contribution is 2.20. The molecule has 20 heavy (non-hydrogen) atoms. The minimum absolute atomic E-state index is 0.772. The lowest BCUT2D eigenvalue weighted by atomic mass is 10.1. The van der Waals surface area contributed by atoms with Crippen LogP contribution in [0.25, 0.3) is 0 Å². The number of nitrogens with two attached hydrogens (primary N) is 1. The molecule has 0 aliphatic rings. The Hall–Kier alpha value is -2.07. The topological polar surface area (TPSA) is 51.4 Å². The molecule has 2 rings (SSSR count). The highest BCUT2D eigenvalue weighted by molar-refractivity contribution is 5.51. The van der Waals surface area contributed by atoms with Crippen LogP contribution < -0.4 is 10.5 Å². The molecule has 0 aliphatic carbocycles. The predicted molar refractivity (Wildman–Crippen MR) is 81.7 cm³/mol. The van der Waals surface area contributed by atoms with Crippen LogP contribution in [0, 0.1) is 0 Å². The van der Waals surface area contributed by atoms with E-state index in [4.69, 9.17) is 10.5 Å².